The highest BCUT2D eigenvalue weighted by Gasteiger charge is 2.40. The molecule has 0 aliphatic carbocycles. The van der Waals surface area contributed by atoms with E-state index in [4.69, 9.17) is 28.7 Å². The summed E-state index contributed by atoms with van der Waals surface area (Å²) >= 11 is 0. The maximum absolute atomic E-state index is 12.6. The predicted molar refractivity (Wildman–Crippen MR) is 347 cm³/mol. The van der Waals surface area contributed by atoms with Gasteiger partial charge in [0.25, 0.3) is 0 Å². The summed E-state index contributed by atoms with van der Waals surface area (Å²) in [6.45, 7) is 44.4. The van der Waals surface area contributed by atoms with E-state index in [0.29, 0.717) is 31.0 Å². The lowest BCUT2D eigenvalue weighted by Gasteiger charge is -2.34. The van der Waals surface area contributed by atoms with Gasteiger partial charge in [0.15, 0.2) is 0 Å². The van der Waals surface area contributed by atoms with E-state index >= 15 is 0 Å². The summed E-state index contributed by atoms with van der Waals surface area (Å²) in [5.41, 5.74) is 21.2. The van der Waals surface area contributed by atoms with Crippen molar-refractivity contribution < 1.29 is 65.9 Å². The molecule has 0 aromatic carbocycles. The second-order valence-corrected chi connectivity index (χ2v) is 28.6. The molecule has 0 aliphatic heterocycles. The molecule has 546 valence electrons. The zero-order valence-corrected chi connectivity index (χ0v) is 58.4. The predicted octanol–water partition coefficient (Wildman–Crippen LogP) is 16.7. The SMILES string of the molecule is CC(C)[C@@H](Nc1ncc(C(F)(F)F)c(N)n1)C(C)(C)C.CC(C)[C@H](Nc1ncc(C(F)(F)F)c(N)n1)C(C)(C)C.CC[C@@H](Nc1ncc(C(F)(F)F)c(N)n1)C(C)(C)C.CC[C@H](Nc1ncc(C(F)(F)F)c(N)n1)C(C)(C)C.C[C@H](Nc1ncc(C(F)(F)F)c(N)n1)C(C)(C)C. The van der Waals surface area contributed by atoms with Crippen molar-refractivity contribution in [1.82, 2.24) is 49.8 Å². The number of alkyl halides is 15. The Hall–Kier alpha value is -7.65. The minimum atomic E-state index is -4.54. The number of hydrogen-bond donors (Lipinski definition) is 10. The van der Waals surface area contributed by atoms with E-state index in [1.54, 1.807) is 0 Å². The number of nitrogens with zero attached hydrogens (tertiary/aromatic N) is 10. The average molecular weight is 1400 g/mol. The van der Waals surface area contributed by atoms with Gasteiger partial charge in [-0.25, -0.2) is 24.9 Å². The van der Waals surface area contributed by atoms with Crippen molar-refractivity contribution >= 4 is 58.8 Å². The first kappa shape index (κ1) is 86.4. The number of halogens is 15. The van der Waals surface area contributed by atoms with Crippen LogP contribution in [0, 0.1) is 38.9 Å². The van der Waals surface area contributed by atoms with E-state index in [2.05, 4.69) is 76.4 Å². The standard InChI is InChI=1S/2C13H21F3N4.2C12H19F3N4.C11H17F3N4/c2*1-7(2)9(12(3,4)5)19-11-18-6-8(10(17)20-11)13(14,15)16;2*1-5-8(11(2,3)4)18-10-17-6-7(9(16)19-10)12(13,14)15;1-6(10(2,3)4)17-9-16-5-7(8(15)18-9)11(12,13)14/h2*6-7,9H,1-5H3,(H3,17,18,19,20);2*6,8H,5H2,1-4H3,(H3,16,17,18,19);5-6H,1-4H3,(H3,15,16,17,18)/t2*9-;2*8-;6-/m10100/s1. The molecule has 0 saturated carbocycles. The van der Waals surface area contributed by atoms with Gasteiger partial charge in [-0.15, -0.1) is 0 Å². The van der Waals surface area contributed by atoms with Gasteiger partial charge >= 0.3 is 30.9 Å². The summed E-state index contributed by atoms with van der Waals surface area (Å²) in [5.74, 6) is -1.72. The molecule has 5 rings (SSSR count). The lowest BCUT2D eigenvalue weighted by molar-refractivity contribution is -0.138. The quantitative estimate of drug-likeness (QED) is 0.0462. The first-order valence-corrected chi connectivity index (χ1v) is 30.3. The normalized spacial score (nSPS) is 14.4. The summed E-state index contributed by atoms with van der Waals surface area (Å²) < 4.78 is 188. The number of hydrogen-bond acceptors (Lipinski definition) is 20. The van der Waals surface area contributed by atoms with Crippen LogP contribution in [-0.4, -0.2) is 80.0 Å². The number of rotatable bonds is 14. The smallest absolute Gasteiger partial charge is 0.383 e. The Morgan fingerprint density at radius 3 is 0.625 bits per heavy atom. The molecule has 5 heterocycles. The molecule has 0 fully saturated rings. The van der Waals surface area contributed by atoms with Gasteiger partial charge in [-0.05, 0) is 58.7 Å². The summed E-state index contributed by atoms with van der Waals surface area (Å²) in [6.07, 6.45) is -17.5. The Kier molecular flexibility index (Phi) is 29.7. The van der Waals surface area contributed by atoms with Crippen LogP contribution in [0.2, 0.25) is 0 Å². The molecule has 35 heteroatoms. The molecular weight excluding hydrogens is 1300 g/mol. The third kappa shape index (κ3) is 28.2. The molecule has 20 nitrogen and oxygen atoms in total. The van der Waals surface area contributed by atoms with Gasteiger partial charge in [0.2, 0.25) is 29.7 Å². The van der Waals surface area contributed by atoms with Crippen LogP contribution in [0.25, 0.3) is 0 Å². The van der Waals surface area contributed by atoms with Crippen molar-refractivity contribution in [2.75, 3.05) is 55.3 Å². The Labute approximate surface area is 552 Å². The highest BCUT2D eigenvalue weighted by molar-refractivity contribution is 5.49. The molecule has 0 aliphatic rings. The third-order valence-corrected chi connectivity index (χ3v) is 14.5. The number of nitrogens with one attached hydrogen (secondary N) is 5. The van der Waals surface area contributed by atoms with Crippen LogP contribution < -0.4 is 55.3 Å². The topological polar surface area (TPSA) is 319 Å². The van der Waals surface area contributed by atoms with E-state index < -0.39 is 87.8 Å². The summed E-state index contributed by atoms with van der Waals surface area (Å²) in [4.78, 5) is 36.8. The summed E-state index contributed by atoms with van der Waals surface area (Å²) in [5, 5.41) is 15.1. The second-order valence-electron chi connectivity index (χ2n) is 28.6. The van der Waals surface area contributed by atoms with Gasteiger partial charge in [-0.1, -0.05) is 145 Å². The molecule has 5 aromatic rings. The van der Waals surface area contributed by atoms with Gasteiger partial charge in [0.05, 0.1) is 0 Å². The molecule has 0 amide bonds. The van der Waals surface area contributed by atoms with E-state index in [-0.39, 0.29) is 98.9 Å². The maximum atomic E-state index is 12.6. The highest BCUT2D eigenvalue weighted by Crippen LogP contribution is 2.39. The van der Waals surface area contributed by atoms with Gasteiger partial charge in [0, 0.05) is 61.2 Å². The zero-order valence-electron chi connectivity index (χ0n) is 58.4. The first-order valence-electron chi connectivity index (χ1n) is 30.3. The molecular formula is C61H97F15N20. The monoisotopic (exact) mass is 1390 g/mol. The van der Waals surface area contributed by atoms with Crippen LogP contribution in [0.1, 0.15) is 193 Å². The summed E-state index contributed by atoms with van der Waals surface area (Å²) in [6, 6.07) is 0.109. The minimum Gasteiger partial charge on any atom is -0.383 e. The molecule has 5 aromatic heterocycles. The lowest BCUT2D eigenvalue weighted by atomic mass is 9.80. The van der Waals surface area contributed by atoms with Gasteiger partial charge in [0.1, 0.15) is 56.9 Å². The van der Waals surface area contributed by atoms with Crippen LogP contribution in [0.3, 0.4) is 0 Å². The average Bonchev–Trinajstić information content (AvgIpc) is 0.856. The second kappa shape index (κ2) is 33.1. The van der Waals surface area contributed by atoms with Crippen molar-refractivity contribution in [2.24, 2.45) is 38.9 Å². The molecule has 96 heavy (non-hydrogen) atoms. The lowest BCUT2D eigenvalue weighted by Crippen LogP contribution is -2.39. The van der Waals surface area contributed by atoms with Gasteiger partial charge in [-0.2, -0.15) is 90.8 Å². The van der Waals surface area contributed by atoms with Gasteiger partial charge in [-0.3, -0.25) is 0 Å². The third-order valence-electron chi connectivity index (χ3n) is 14.5. The van der Waals surface area contributed by atoms with E-state index in [9.17, 15) is 65.9 Å². The van der Waals surface area contributed by atoms with Crippen molar-refractivity contribution in [3.05, 3.63) is 58.8 Å². The molecule has 0 radical (unpaired) electrons. The fraction of sp³-hybridized carbons (Fsp3) is 0.672. The maximum Gasteiger partial charge on any atom is 0.421 e. The molecule has 0 bridgehead atoms. The molecule has 0 unspecified atom stereocenters. The van der Waals surface area contributed by atoms with Crippen LogP contribution in [0.15, 0.2) is 31.0 Å². The minimum absolute atomic E-state index is 0.00589. The van der Waals surface area contributed by atoms with E-state index in [1.807, 2.05) is 152 Å². The number of nitrogens with two attached hydrogens (primary N) is 5. The van der Waals surface area contributed by atoms with Crippen LogP contribution >= 0.6 is 0 Å². The van der Waals surface area contributed by atoms with Crippen molar-refractivity contribution in [2.45, 2.75) is 226 Å². The Balaban J connectivity index is 0.000000600. The Morgan fingerprint density at radius 2 is 0.490 bits per heavy atom. The molecule has 0 spiro atoms. The largest absolute Gasteiger partial charge is 0.421 e. The van der Waals surface area contributed by atoms with Crippen molar-refractivity contribution in [3.63, 3.8) is 0 Å². The number of aromatic nitrogens is 10. The molecule has 15 N–H and O–H groups in total. The van der Waals surface area contributed by atoms with Crippen molar-refractivity contribution in [3.8, 4) is 0 Å². The molecule has 5 atom stereocenters. The Morgan fingerprint density at radius 1 is 0.302 bits per heavy atom. The van der Waals surface area contributed by atoms with Crippen LogP contribution in [0.4, 0.5) is 125 Å². The fourth-order valence-electron chi connectivity index (χ4n) is 9.04. The van der Waals surface area contributed by atoms with Crippen LogP contribution in [0.5, 0.6) is 0 Å². The first-order chi connectivity index (χ1) is 43.0. The number of nitrogen functional groups attached to an aromatic ring is 5. The zero-order chi connectivity index (χ0) is 75.3. The molecule has 0 saturated heterocycles. The van der Waals surface area contributed by atoms with Gasteiger partial charge < -0.3 is 55.3 Å². The highest BCUT2D eigenvalue weighted by atomic mass is 19.4. The van der Waals surface area contributed by atoms with Crippen LogP contribution in [-0.2, 0) is 30.9 Å². The Bertz CT molecular complexity index is 3040. The van der Waals surface area contributed by atoms with Crippen molar-refractivity contribution in [1.29, 1.82) is 0 Å². The summed E-state index contributed by atoms with van der Waals surface area (Å²) in [7, 11) is 0. The number of anilines is 10. The fourth-order valence-corrected chi connectivity index (χ4v) is 9.04. The van der Waals surface area contributed by atoms with E-state index in [0.717, 1.165) is 12.8 Å². The van der Waals surface area contributed by atoms with E-state index in [1.165, 1.54) is 0 Å².